The number of piperidine rings is 1. The summed E-state index contributed by atoms with van der Waals surface area (Å²) in [4.78, 5) is 23.8. The average Bonchev–Trinajstić information content (AvgIpc) is 2.87. The summed E-state index contributed by atoms with van der Waals surface area (Å²) in [5.41, 5.74) is 0.550. The normalized spacial score (nSPS) is 14.9. The van der Waals surface area contributed by atoms with Crippen molar-refractivity contribution < 1.29 is 22.7 Å². The summed E-state index contributed by atoms with van der Waals surface area (Å²) in [5, 5.41) is 5.78. The van der Waals surface area contributed by atoms with E-state index in [2.05, 4.69) is 32.5 Å². The molecule has 4 rings (SSSR count). The Morgan fingerprint density at radius 1 is 1.06 bits per heavy atom. The second-order valence-corrected chi connectivity index (χ2v) is 8.81. The van der Waals surface area contributed by atoms with Gasteiger partial charge in [-0.2, -0.15) is 13.2 Å². The number of hydrogen-bond acceptors (Lipinski definition) is 6. The molecule has 10 heteroatoms. The van der Waals surface area contributed by atoms with Crippen LogP contribution in [0.15, 0.2) is 60.9 Å². The van der Waals surface area contributed by atoms with Crippen LogP contribution in [-0.4, -0.2) is 47.5 Å². The fourth-order valence-electron chi connectivity index (χ4n) is 3.96. The number of alkyl halides is 3. The van der Waals surface area contributed by atoms with Gasteiger partial charge in [-0.3, -0.25) is 4.79 Å². The van der Waals surface area contributed by atoms with Gasteiger partial charge in [-0.15, -0.1) is 0 Å². The van der Waals surface area contributed by atoms with E-state index in [1.807, 2.05) is 12.1 Å². The van der Waals surface area contributed by atoms with Crippen molar-refractivity contribution in [2.75, 3.05) is 37.4 Å². The third kappa shape index (κ3) is 6.72. The molecule has 1 saturated heterocycles. The average molecular weight is 500 g/mol. The number of likely N-dealkylation sites (tertiary alicyclic amines) is 1. The number of rotatable bonds is 8. The summed E-state index contributed by atoms with van der Waals surface area (Å²) in [5.74, 6) is 0.873. The molecule has 3 heterocycles. The lowest BCUT2D eigenvalue weighted by atomic mass is 9.98. The fraction of sp³-hybridized carbons (Fsp3) is 0.346. The minimum absolute atomic E-state index is 0.250. The number of hydrogen-bond donors (Lipinski definition) is 2. The Hall–Kier alpha value is -3.66. The monoisotopic (exact) mass is 499 g/mol. The zero-order valence-corrected chi connectivity index (χ0v) is 19.9. The number of anilines is 2. The number of pyridine rings is 2. The van der Waals surface area contributed by atoms with Gasteiger partial charge in [0.2, 0.25) is 5.88 Å². The van der Waals surface area contributed by atoms with Crippen molar-refractivity contribution in [3.63, 3.8) is 0 Å². The zero-order valence-electron chi connectivity index (χ0n) is 19.9. The Bertz CT molecular complexity index is 1160. The van der Waals surface area contributed by atoms with Gasteiger partial charge >= 0.3 is 6.18 Å². The molecule has 0 radical (unpaired) electrons. The molecule has 1 aliphatic rings. The molecule has 1 fully saturated rings. The number of ether oxygens (including phenoxy) is 1. The summed E-state index contributed by atoms with van der Waals surface area (Å²) >= 11 is 0. The first-order valence-corrected chi connectivity index (χ1v) is 11.7. The van der Waals surface area contributed by atoms with E-state index < -0.39 is 17.6 Å². The number of nitrogens with one attached hydrogen (secondary N) is 2. The molecule has 36 heavy (non-hydrogen) atoms. The SMILES string of the molecule is CN1CCC(COc2ncccc2CNc2ncccc2C(=O)Nc2ccc(C(F)(F)F)cc2)CC1. The van der Waals surface area contributed by atoms with Crippen LogP contribution in [0.25, 0.3) is 0 Å². The van der Waals surface area contributed by atoms with Crippen molar-refractivity contribution in [2.45, 2.75) is 25.6 Å². The number of carbonyl (C=O) groups is 1. The molecule has 0 saturated carbocycles. The maximum absolute atomic E-state index is 12.8. The van der Waals surface area contributed by atoms with Gasteiger partial charge < -0.3 is 20.3 Å². The van der Waals surface area contributed by atoms with Crippen LogP contribution in [0.4, 0.5) is 24.7 Å². The molecule has 2 aromatic heterocycles. The lowest BCUT2D eigenvalue weighted by molar-refractivity contribution is -0.137. The molecule has 1 amide bonds. The summed E-state index contributed by atoms with van der Waals surface area (Å²) in [6, 6.07) is 11.2. The first kappa shape index (κ1) is 25.4. The highest BCUT2D eigenvalue weighted by atomic mass is 19.4. The van der Waals surface area contributed by atoms with Gasteiger partial charge in [0.1, 0.15) is 5.82 Å². The first-order valence-electron chi connectivity index (χ1n) is 11.7. The fourth-order valence-corrected chi connectivity index (χ4v) is 3.96. The number of nitrogens with zero attached hydrogens (tertiary/aromatic N) is 3. The smallest absolute Gasteiger partial charge is 0.416 e. The molecule has 0 bridgehead atoms. The van der Waals surface area contributed by atoms with Crippen LogP contribution in [0.5, 0.6) is 5.88 Å². The van der Waals surface area contributed by atoms with E-state index in [1.165, 1.54) is 12.1 Å². The van der Waals surface area contributed by atoms with Crippen LogP contribution in [-0.2, 0) is 12.7 Å². The molecule has 3 aromatic rings. The van der Waals surface area contributed by atoms with E-state index in [-0.39, 0.29) is 11.3 Å². The molecule has 1 aliphatic heterocycles. The minimum atomic E-state index is -4.44. The number of carbonyl (C=O) groups excluding carboxylic acids is 1. The molecular weight excluding hydrogens is 471 g/mol. The molecule has 0 aliphatic carbocycles. The Morgan fingerprint density at radius 3 is 2.47 bits per heavy atom. The van der Waals surface area contributed by atoms with E-state index in [4.69, 9.17) is 4.74 Å². The second-order valence-electron chi connectivity index (χ2n) is 8.81. The third-order valence-corrected chi connectivity index (χ3v) is 6.11. The van der Waals surface area contributed by atoms with Crippen LogP contribution < -0.4 is 15.4 Å². The summed E-state index contributed by atoms with van der Waals surface area (Å²) in [6.45, 7) is 3.04. The Balaban J connectivity index is 1.39. The lowest BCUT2D eigenvalue weighted by Crippen LogP contribution is -2.32. The van der Waals surface area contributed by atoms with Gasteiger partial charge in [0.05, 0.1) is 17.7 Å². The third-order valence-electron chi connectivity index (χ3n) is 6.11. The number of halogens is 3. The molecule has 0 spiro atoms. The van der Waals surface area contributed by atoms with E-state index in [1.54, 1.807) is 24.5 Å². The van der Waals surface area contributed by atoms with Gasteiger partial charge in [0, 0.05) is 30.2 Å². The van der Waals surface area contributed by atoms with E-state index >= 15 is 0 Å². The second kappa shape index (κ2) is 11.4. The lowest BCUT2D eigenvalue weighted by Gasteiger charge is -2.28. The Kier molecular flexibility index (Phi) is 8.04. The van der Waals surface area contributed by atoms with Crippen LogP contribution in [0.1, 0.15) is 34.3 Å². The maximum atomic E-state index is 12.8. The van der Waals surface area contributed by atoms with Crippen molar-refractivity contribution in [2.24, 2.45) is 5.92 Å². The van der Waals surface area contributed by atoms with Gasteiger partial charge in [0.15, 0.2) is 0 Å². The van der Waals surface area contributed by atoms with E-state index in [0.717, 1.165) is 43.6 Å². The summed E-state index contributed by atoms with van der Waals surface area (Å²) in [6.07, 6.45) is 0.963. The molecule has 1 aromatic carbocycles. The topological polar surface area (TPSA) is 79.4 Å². The van der Waals surface area contributed by atoms with Crippen LogP contribution in [0.2, 0.25) is 0 Å². The van der Waals surface area contributed by atoms with Crippen molar-refractivity contribution in [3.05, 3.63) is 77.6 Å². The highest BCUT2D eigenvalue weighted by molar-refractivity contribution is 6.07. The first-order chi connectivity index (χ1) is 17.3. The Morgan fingerprint density at radius 2 is 1.75 bits per heavy atom. The van der Waals surface area contributed by atoms with Crippen LogP contribution in [0.3, 0.4) is 0 Å². The minimum Gasteiger partial charge on any atom is -0.477 e. The summed E-state index contributed by atoms with van der Waals surface area (Å²) < 4.78 is 44.4. The zero-order chi connectivity index (χ0) is 25.5. The van der Waals surface area contributed by atoms with E-state index in [0.29, 0.717) is 30.8 Å². The van der Waals surface area contributed by atoms with Gasteiger partial charge in [-0.25, -0.2) is 9.97 Å². The van der Waals surface area contributed by atoms with Crippen LogP contribution >= 0.6 is 0 Å². The molecule has 0 unspecified atom stereocenters. The summed E-state index contributed by atoms with van der Waals surface area (Å²) in [7, 11) is 2.12. The predicted molar refractivity (Wildman–Crippen MR) is 131 cm³/mol. The van der Waals surface area contributed by atoms with Gasteiger partial charge in [-0.05, 0) is 81.4 Å². The highest BCUT2D eigenvalue weighted by Gasteiger charge is 2.30. The maximum Gasteiger partial charge on any atom is 0.416 e. The standard InChI is InChI=1S/C26H28F3N5O2/c1-34-14-10-18(11-15-34)17-36-25-19(4-2-13-31-25)16-32-23-22(5-3-12-30-23)24(35)33-21-8-6-20(7-9-21)26(27,28)29/h2-9,12-13,18H,10-11,14-17H2,1H3,(H,30,32)(H,33,35). The Labute approximate surface area is 207 Å². The molecule has 2 N–H and O–H groups in total. The van der Waals surface area contributed by atoms with Gasteiger partial charge in [-0.1, -0.05) is 6.07 Å². The predicted octanol–water partition coefficient (Wildman–Crippen LogP) is 5.08. The number of benzene rings is 1. The number of amides is 1. The van der Waals surface area contributed by atoms with Crippen molar-refractivity contribution >= 4 is 17.4 Å². The van der Waals surface area contributed by atoms with E-state index in [9.17, 15) is 18.0 Å². The van der Waals surface area contributed by atoms with Gasteiger partial charge in [0.25, 0.3) is 5.91 Å². The largest absolute Gasteiger partial charge is 0.477 e. The highest BCUT2D eigenvalue weighted by Crippen LogP contribution is 2.30. The number of aromatic nitrogens is 2. The molecular formula is C26H28F3N5O2. The molecule has 0 atom stereocenters. The van der Waals surface area contributed by atoms with Crippen molar-refractivity contribution in [3.8, 4) is 5.88 Å². The van der Waals surface area contributed by atoms with Crippen molar-refractivity contribution in [1.82, 2.24) is 14.9 Å². The molecule has 190 valence electrons. The molecule has 7 nitrogen and oxygen atoms in total. The van der Waals surface area contributed by atoms with Crippen LogP contribution in [0, 0.1) is 5.92 Å². The van der Waals surface area contributed by atoms with Crippen molar-refractivity contribution in [1.29, 1.82) is 0 Å². The quantitative estimate of drug-likeness (QED) is 0.450.